The van der Waals surface area contributed by atoms with Crippen molar-refractivity contribution in [1.29, 1.82) is 5.26 Å². The Hall–Kier alpha value is -2.94. The van der Waals surface area contributed by atoms with Crippen LogP contribution in [0.15, 0.2) is 42.7 Å². The van der Waals surface area contributed by atoms with E-state index in [1.54, 1.807) is 4.52 Å². The van der Waals surface area contributed by atoms with Crippen LogP contribution in [0.1, 0.15) is 24.1 Å². The number of rotatable bonds is 2. The van der Waals surface area contributed by atoms with Crippen LogP contribution in [0.4, 0.5) is 5.82 Å². The maximum absolute atomic E-state index is 9.83. The molecule has 120 valence electrons. The molecule has 6 nitrogen and oxygen atoms in total. The van der Waals surface area contributed by atoms with Crippen LogP contribution in [0.25, 0.3) is 5.78 Å². The fourth-order valence-corrected chi connectivity index (χ4v) is 3.48. The number of fused-ring (bicyclic) bond motifs is 1. The Morgan fingerprint density at radius 1 is 1.17 bits per heavy atom. The van der Waals surface area contributed by atoms with Crippen molar-refractivity contribution in [3.63, 3.8) is 0 Å². The van der Waals surface area contributed by atoms with Crippen molar-refractivity contribution in [2.75, 3.05) is 18.0 Å². The summed E-state index contributed by atoms with van der Waals surface area (Å²) in [5.74, 6) is 1.61. The van der Waals surface area contributed by atoms with E-state index in [4.69, 9.17) is 0 Å². The molecule has 3 heterocycles. The van der Waals surface area contributed by atoms with Crippen molar-refractivity contribution in [2.45, 2.75) is 25.2 Å². The van der Waals surface area contributed by atoms with Crippen LogP contribution in [-0.4, -0.2) is 32.7 Å². The fourth-order valence-electron chi connectivity index (χ4n) is 3.48. The zero-order valence-corrected chi connectivity index (χ0v) is 13.6. The molecule has 1 saturated heterocycles. The van der Waals surface area contributed by atoms with Crippen LogP contribution in [0.5, 0.6) is 0 Å². The van der Waals surface area contributed by atoms with Gasteiger partial charge in [-0.15, -0.1) is 0 Å². The summed E-state index contributed by atoms with van der Waals surface area (Å²) in [6.45, 7) is 3.58. The van der Waals surface area contributed by atoms with Crippen LogP contribution < -0.4 is 4.90 Å². The first-order valence-electron chi connectivity index (χ1n) is 8.11. The van der Waals surface area contributed by atoms with E-state index in [0.717, 1.165) is 43.0 Å². The van der Waals surface area contributed by atoms with Gasteiger partial charge in [0.15, 0.2) is 0 Å². The van der Waals surface area contributed by atoms with Crippen molar-refractivity contribution in [3.8, 4) is 6.07 Å². The molecule has 0 amide bonds. The lowest BCUT2D eigenvalue weighted by atomic mass is 9.74. The first-order valence-corrected chi connectivity index (χ1v) is 8.11. The maximum atomic E-state index is 9.83. The maximum Gasteiger partial charge on any atom is 0.254 e. The largest absolute Gasteiger partial charge is 0.356 e. The van der Waals surface area contributed by atoms with E-state index < -0.39 is 5.41 Å². The lowest BCUT2D eigenvalue weighted by molar-refractivity contribution is 0.412. The van der Waals surface area contributed by atoms with Crippen molar-refractivity contribution >= 4 is 11.6 Å². The van der Waals surface area contributed by atoms with Crippen molar-refractivity contribution < 1.29 is 0 Å². The van der Waals surface area contributed by atoms with E-state index >= 15 is 0 Å². The van der Waals surface area contributed by atoms with E-state index in [-0.39, 0.29) is 0 Å². The zero-order chi connectivity index (χ0) is 16.6. The molecule has 0 aliphatic carbocycles. The van der Waals surface area contributed by atoms with E-state index in [0.29, 0.717) is 5.78 Å². The highest BCUT2D eigenvalue weighted by Gasteiger charge is 2.37. The Morgan fingerprint density at radius 2 is 1.92 bits per heavy atom. The van der Waals surface area contributed by atoms with E-state index in [1.807, 2.05) is 31.2 Å². The molecule has 1 aliphatic heterocycles. The summed E-state index contributed by atoms with van der Waals surface area (Å²) in [5.41, 5.74) is 1.64. The molecular weight excluding hydrogens is 300 g/mol. The van der Waals surface area contributed by atoms with E-state index in [2.05, 4.69) is 38.2 Å². The van der Waals surface area contributed by atoms with Gasteiger partial charge in [-0.2, -0.15) is 19.9 Å². The summed E-state index contributed by atoms with van der Waals surface area (Å²) in [5, 5.41) is 14.1. The summed E-state index contributed by atoms with van der Waals surface area (Å²) in [4.78, 5) is 10.9. The number of anilines is 1. The Labute approximate surface area is 140 Å². The Balaban J connectivity index is 1.64. The van der Waals surface area contributed by atoms with Gasteiger partial charge in [0.1, 0.15) is 12.1 Å². The van der Waals surface area contributed by atoms with Gasteiger partial charge in [0.05, 0.1) is 11.5 Å². The lowest BCUT2D eigenvalue weighted by Gasteiger charge is -2.38. The van der Waals surface area contributed by atoms with Gasteiger partial charge in [-0.3, -0.25) is 0 Å². The molecule has 0 bridgehead atoms. The molecule has 0 saturated carbocycles. The summed E-state index contributed by atoms with van der Waals surface area (Å²) >= 11 is 0. The number of hydrogen-bond acceptors (Lipinski definition) is 5. The van der Waals surface area contributed by atoms with Crippen molar-refractivity contribution in [1.82, 2.24) is 19.6 Å². The molecule has 4 rings (SSSR count). The normalized spacial score (nSPS) is 16.9. The fraction of sp³-hybridized carbons (Fsp3) is 0.333. The molecular formula is C18H18N6. The van der Waals surface area contributed by atoms with E-state index in [9.17, 15) is 5.26 Å². The Bertz CT molecular complexity index is 900. The number of hydrogen-bond donors (Lipinski definition) is 0. The standard InChI is InChI=1S/C18H18N6/c1-14-11-16(24-17(22-14)20-13-21-24)23-9-7-18(12-19,8-10-23)15-5-3-2-4-6-15/h2-6,11,13H,7-10H2,1H3. The minimum Gasteiger partial charge on any atom is -0.356 e. The SMILES string of the molecule is Cc1cc(N2CCC(C#N)(c3ccccc3)CC2)n2ncnc2n1. The number of nitrogens with zero attached hydrogens (tertiary/aromatic N) is 6. The number of benzene rings is 1. The van der Waals surface area contributed by atoms with Crippen LogP contribution in [-0.2, 0) is 5.41 Å². The van der Waals surface area contributed by atoms with Crippen molar-refractivity contribution in [2.24, 2.45) is 0 Å². The highest BCUT2D eigenvalue weighted by molar-refractivity contribution is 5.48. The smallest absolute Gasteiger partial charge is 0.254 e. The molecule has 0 atom stereocenters. The average molecular weight is 318 g/mol. The molecule has 1 fully saturated rings. The van der Waals surface area contributed by atoms with Gasteiger partial charge in [0.25, 0.3) is 5.78 Å². The highest BCUT2D eigenvalue weighted by Crippen LogP contribution is 2.36. The number of nitriles is 1. The molecule has 0 spiro atoms. The highest BCUT2D eigenvalue weighted by atomic mass is 15.4. The molecule has 0 N–H and O–H groups in total. The first-order chi connectivity index (χ1) is 11.7. The van der Waals surface area contributed by atoms with Gasteiger partial charge in [0.2, 0.25) is 0 Å². The first kappa shape index (κ1) is 14.6. The minimum absolute atomic E-state index is 0.401. The van der Waals surface area contributed by atoms with Gasteiger partial charge in [-0.25, -0.2) is 4.98 Å². The lowest BCUT2D eigenvalue weighted by Crippen LogP contribution is -2.42. The second-order valence-electron chi connectivity index (χ2n) is 6.27. The molecule has 1 aromatic carbocycles. The van der Waals surface area contributed by atoms with Crippen LogP contribution in [0.3, 0.4) is 0 Å². The quantitative estimate of drug-likeness (QED) is 0.726. The molecule has 3 aromatic rings. The second kappa shape index (κ2) is 5.60. The van der Waals surface area contributed by atoms with Crippen LogP contribution in [0.2, 0.25) is 0 Å². The Kier molecular flexibility index (Phi) is 3.42. The molecule has 24 heavy (non-hydrogen) atoms. The molecule has 1 aliphatic rings. The van der Waals surface area contributed by atoms with Gasteiger partial charge >= 0.3 is 0 Å². The summed E-state index contributed by atoms with van der Waals surface area (Å²) in [7, 11) is 0. The van der Waals surface area contributed by atoms with Crippen LogP contribution >= 0.6 is 0 Å². The number of aryl methyl sites for hydroxylation is 1. The number of piperidine rings is 1. The van der Waals surface area contributed by atoms with Gasteiger partial charge in [-0.05, 0) is 25.3 Å². The van der Waals surface area contributed by atoms with Gasteiger partial charge < -0.3 is 4.90 Å². The molecule has 2 aromatic heterocycles. The third-order valence-electron chi connectivity index (χ3n) is 4.84. The minimum atomic E-state index is -0.401. The van der Waals surface area contributed by atoms with Gasteiger partial charge in [0, 0.05) is 24.8 Å². The predicted octanol–water partition coefficient (Wildman–Crippen LogP) is 2.49. The summed E-state index contributed by atoms with van der Waals surface area (Å²) in [6, 6.07) is 14.7. The monoisotopic (exact) mass is 318 g/mol. The summed E-state index contributed by atoms with van der Waals surface area (Å²) in [6.07, 6.45) is 3.12. The Morgan fingerprint density at radius 3 is 2.62 bits per heavy atom. The predicted molar refractivity (Wildman–Crippen MR) is 90.7 cm³/mol. The second-order valence-corrected chi connectivity index (χ2v) is 6.27. The zero-order valence-electron chi connectivity index (χ0n) is 13.6. The van der Waals surface area contributed by atoms with E-state index in [1.165, 1.54) is 6.33 Å². The number of aromatic nitrogens is 4. The third kappa shape index (κ3) is 2.29. The molecule has 0 unspecified atom stereocenters. The molecule has 6 heteroatoms. The topological polar surface area (TPSA) is 70.1 Å². The third-order valence-corrected chi connectivity index (χ3v) is 4.84. The van der Waals surface area contributed by atoms with Crippen molar-refractivity contribution in [3.05, 3.63) is 54.0 Å². The van der Waals surface area contributed by atoms with Gasteiger partial charge in [-0.1, -0.05) is 30.3 Å². The summed E-state index contributed by atoms with van der Waals surface area (Å²) < 4.78 is 1.77. The average Bonchev–Trinajstić information content (AvgIpc) is 3.10. The van der Waals surface area contributed by atoms with Crippen LogP contribution in [0, 0.1) is 18.3 Å². The molecule has 0 radical (unpaired) electrons.